The SMILES string of the molecule is [CH-]=CS(=O)(=O)CC[C@H]1O[C@@H](n2cnc3c(N)ccnc32)[C@H](N)[C@@H]1N.[Y]. The van der Waals surface area contributed by atoms with E-state index in [-0.39, 0.29) is 44.9 Å². The number of sulfone groups is 1. The van der Waals surface area contributed by atoms with Crippen LogP contribution in [-0.4, -0.2) is 46.9 Å². The van der Waals surface area contributed by atoms with Crippen LogP contribution in [0.4, 0.5) is 5.69 Å². The molecule has 11 heteroatoms. The number of anilines is 1. The van der Waals surface area contributed by atoms with Crippen LogP contribution in [-0.2, 0) is 47.3 Å². The van der Waals surface area contributed by atoms with Crippen molar-refractivity contribution in [1.29, 1.82) is 0 Å². The zero-order chi connectivity index (χ0) is 17.5. The van der Waals surface area contributed by atoms with Crippen LogP contribution in [0.2, 0.25) is 0 Å². The number of hydrogen-bond donors (Lipinski definition) is 3. The summed E-state index contributed by atoms with van der Waals surface area (Å²) < 4.78 is 30.6. The van der Waals surface area contributed by atoms with Gasteiger partial charge in [-0.3, -0.25) is 4.57 Å². The molecule has 0 saturated carbocycles. The van der Waals surface area contributed by atoms with Gasteiger partial charge in [-0.1, -0.05) is 0 Å². The molecular weight excluding hydrogens is 421 g/mol. The molecule has 25 heavy (non-hydrogen) atoms. The Labute approximate surface area is 170 Å². The predicted molar refractivity (Wildman–Crippen MR) is 89.1 cm³/mol. The van der Waals surface area contributed by atoms with Crippen molar-refractivity contribution in [1.82, 2.24) is 14.5 Å². The van der Waals surface area contributed by atoms with Crippen LogP contribution in [0, 0.1) is 6.58 Å². The van der Waals surface area contributed by atoms with Crippen LogP contribution in [0.5, 0.6) is 0 Å². The van der Waals surface area contributed by atoms with Crippen LogP contribution in [0.1, 0.15) is 12.6 Å². The first-order valence-corrected chi connectivity index (χ1v) is 9.07. The smallest absolute Gasteiger partial charge is 0.164 e. The van der Waals surface area contributed by atoms with E-state index in [2.05, 4.69) is 9.97 Å². The van der Waals surface area contributed by atoms with Gasteiger partial charge in [-0.05, 0) is 12.5 Å². The summed E-state index contributed by atoms with van der Waals surface area (Å²) in [5, 5.41) is 0.682. The van der Waals surface area contributed by atoms with Crippen molar-refractivity contribution in [3.63, 3.8) is 0 Å². The van der Waals surface area contributed by atoms with E-state index >= 15 is 0 Å². The van der Waals surface area contributed by atoms with E-state index in [1.807, 2.05) is 0 Å². The van der Waals surface area contributed by atoms with Crippen molar-refractivity contribution in [3.05, 3.63) is 30.6 Å². The molecule has 133 valence electrons. The summed E-state index contributed by atoms with van der Waals surface area (Å²) in [6.07, 6.45) is 2.19. The predicted octanol–water partition coefficient (Wildman–Crippen LogP) is -0.685. The topological polar surface area (TPSA) is 152 Å². The molecule has 0 bridgehead atoms. The molecule has 6 N–H and O–H groups in total. The largest absolute Gasteiger partial charge is 0.502 e. The van der Waals surface area contributed by atoms with Gasteiger partial charge >= 0.3 is 0 Å². The molecule has 1 aliphatic heterocycles. The molecule has 9 nitrogen and oxygen atoms in total. The first-order chi connectivity index (χ1) is 11.3. The fraction of sp³-hybridized carbons (Fsp3) is 0.429. The Hall–Kier alpha value is -0.906. The van der Waals surface area contributed by atoms with Crippen LogP contribution < -0.4 is 17.2 Å². The Morgan fingerprint density at radius 2 is 2.04 bits per heavy atom. The third kappa shape index (κ3) is 3.94. The average molecular weight is 440 g/mol. The first kappa shape index (κ1) is 20.4. The van der Waals surface area contributed by atoms with E-state index in [1.165, 1.54) is 6.33 Å². The summed E-state index contributed by atoms with van der Waals surface area (Å²) in [6.45, 7) is 5.09. The van der Waals surface area contributed by atoms with E-state index in [1.54, 1.807) is 16.8 Å². The minimum Gasteiger partial charge on any atom is -0.502 e. The number of fused-ring (bicyclic) bond motifs is 1. The number of nitrogen functional groups attached to an aromatic ring is 1. The van der Waals surface area contributed by atoms with Gasteiger partial charge in [0.25, 0.3) is 0 Å². The summed E-state index contributed by atoms with van der Waals surface area (Å²) in [7, 11) is -3.43. The van der Waals surface area contributed by atoms with Crippen LogP contribution in [0.25, 0.3) is 11.2 Å². The molecule has 3 rings (SSSR count). The van der Waals surface area contributed by atoms with Gasteiger partial charge in [0.15, 0.2) is 11.9 Å². The Kier molecular flexibility index (Phi) is 6.34. The molecule has 2 aromatic rings. The molecular formula is C14H19N6O3SY-. The number of aromatic nitrogens is 3. The second-order valence-corrected chi connectivity index (χ2v) is 7.74. The third-order valence-electron chi connectivity index (χ3n) is 4.18. The van der Waals surface area contributed by atoms with Gasteiger partial charge in [-0.2, -0.15) is 5.41 Å². The van der Waals surface area contributed by atoms with Crippen LogP contribution >= 0.6 is 0 Å². The standard InChI is InChI=1S/C14H19N6O3S.Y/c1-2-24(21,22)6-4-9-10(16)11(17)14(23-9)20-7-19-12-8(15)3-5-18-13(12)20;/h1-3,5,7,9-11,14H,4,6,16-17H2,(H2,15,18);/q-1;/t9-,10-,11-,14-;/m1./s1. The van der Waals surface area contributed by atoms with E-state index in [9.17, 15) is 8.42 Å². The zero-order valence-electron chi connectivity index (χ0n) is 13.4. The maximum absolute atomic E-state index is 11.5. The fourth-order valence-electron chi connectivity index (χ4n) is 2.80. The number of rotatable bonds is 5. The van der Waals surface area contributed by atoms with Crippen molar-refractivity contribution in [2.75, 3.05) is 11.5 Å². The molecule has 1 saturated heterocycles. The van der Waals surface area contributed by atoms with Gasteiger partial charge < -0.3 is 28.5 Å². The number of ether oxygens (including phenoxy) is 1. The molecule has 0 aromatic carbocycles. The third-order valence-corrected chi connectivity index (χ3v) is 5.40. The number of imidazole rings is 1. The molecule has 2 aromatic heterocycles. The molecule has 0 amide bonds. The molecule has 1 fully saturated rings. The molecule has 3 heterocycles. The first-order valence-electron chi connectivity index (χ1n) is 7.35. The summed E-state index contributed by atoms with van der Waals surface area (Å²) in [4.78, 5) is 8.48. The summed E-state index contributed by atoms with van der Waals surface area (Å²) in [6, 6.07) is 0.583. The van der Waals surface area contributed by atoms with Gasteiger partial charge in [-0.25, -0.2) is 18.4 Å². The molecule has 1 radical (unpaired) electrons. The quantitative estimate of drug-likeness (QED) is 0.517. The number of hydrogen-bond acceptors (Lipinski definition) is 8. The Bertz CT molecular complexity index is 871. The maximum atomic E-state index is 11.5. The van der Waals surface area contributed by atoms with Crippen molar-refractivity contribution in [2.24, 2.45) is 11.5 Å². The molecule has 0 aliphatic carbocycles. The summed E-state index contributed by atoms with van der Waals surface area (Å²) >= 11 is 0. The summed E-state index contributed by atoms with van der Waals surface area (Å²) in [5.74, 6) is -0.156. The minimum absolute atomic E-state index is 0. The number of nitrogens with zero attached hydrogens (tertiary/aromatic N) is 3. The van der Waals surface area contributed by atoms with Crippen LogP contribution in [0.15, 0.2) is 24.0 Å². The van der Waals surface area contributed by atoms with Crippen molar-refractivity contribution in [3.8, 4) is 0 Å². The summed E-state index contributed by atoms with van der Waals surface area (Å²) in [5.41, 5.74) is 19.7. The van der Waals surface area contributed by atoms with Crippen molar-refractivity contribution < 1.29 is 45.9 Å². The van der Waals surface area contributed by atoms with Gasteiger partial charge in [0.05, 0.1) is 36.0 Å². The number of nitrogens with two attached hydrogens (primary N) is 3. The van der Waals surface area contributed by atoms with E-state index in [0.29, 0.717) is 22.3 Å². The maximum Gasteiger partial charge on any atom is 0.164 e. The molecule has 0 spiro atoms. The van der Waals surface area contributed by atoms with Crippen molar-refractivity contribution >= 4 is 26.7 Å². The monoisotopic (exact) mass is 440 g/mol. The van der Waals surface area contributed by atoms with Gasteiger partial charge in [-0.15, -0.1) is 0 Å². The Morgan fingerprint density at radius 1 is 1.32 bits per heavy atom. The fourth-order valence-corrected chi connectivity index (χ4v) is 3.49. The van der Waals surface area contributed by atoms with E-state index in [4.69, 9.17) is 28.5 Å². The zero-order valence-corrected chi connectivity index (χ0v) is 17.0. The van der Waals surface area contributed by atoms with Crippen LogP contribution in [0.3, 0.4) is 0 Å². The van der Waals surface area contributed by atoms with Gasteiger partial charge in [0, 0.05) is 38.9 Å². The van der Waals surface area contributed by atoms with Gasteiger partial charge in [0.2, 0.25) is 0 Å². The molecule has 0 unspecified atom stereocenters. The Morgan fingerprint density at radius 3 is 2.72 bits per heavy atom. The van der Waals surface area contributed by atoms with Gasteiger partial charge in [0.1, 0.15) is 15.4 Å². The second-order valence-electron chi connectivity index (χ2n) is 5.74. The normalized spacial score (nSPS) is 26.5. The van der Waals surface area contributed by atoms with E-state index < -0.39 is 34.3 Å². The minimum atomic E-state index is -3.43. The molecule has 4 atom stereocenters. The van der Waals surface area contributed by atoms with Crippen molar-refractivity contribution in [2.45, 2.75) is 30.8 Å². The molecule has 1 aliphatic rings. The number of pyridine rings is 1. The van der Waals surface area contributed by atoms with E-state index in [0.717, 1.165) is 0 Å². The second kappa shape index (κ2) is 7.77. The Balaban J connectivity index is 0.00000225. The average Bonchev–Trinajstić information content (AvgIpc) is 3.10.